The zero-order chi connectivity index (χ0) is 13.0. The van der Waals surface area contributed by atoms with E-state index in [0.717, 1.165) is 11.3 Å². The van der Waals surface area contributed by atoms with Crippen molar-refractivity contribution in [3.8, 4) is 0 Å². The second-order valence-corrected chi connectivity index (χ2v) is 4.31. The first-order valence-electron chi connectivity index (χ1n) is 4.74. The van der Waals surface area contributed by atoms with Gasteiger partial charge in [0.15, 0.2) is 0 Å². The van der Waals surface area contributed by atoms with Gasteiger partial charge >= 0.3 is 5.97 Å². The Balaban J connectivity index is 2.65. The van der Waals surface area contributed by atoms with E-state index in [0.29, 0.717) is 0 Å². The second-order valence-electron chi connectivity index (χ2n) is 3.39. The Hall–Kier alpha value is -1.89. The lowest BCUT2D eigenvalue weighted by Gasteiger charge is -2.13. The van der Waals surface area contributed by atoms with Gasteiger partial charge in [0.05, 0.1) is 12.1 Å². The molecule has 2 N–H and O–H groups in total. The van der Waals surface area contributed by atoms with Gasteiger partial charge in [0.1, 0.15) is 5.00 Å². The molecule has 0 saturated carbocycles. The summed E-state index contributed by atoms with van der Waals surface area (Å²) in [5, 5.41) is 13.1. The van der Waals surface area contributed by atoms with Gasteiger partial charge in [-0.3, -0.25) is 9.59 Å². The van der Waals surface area contributed by atoms with Gasteiger partial charge in [-0.2, -0.15) is 0 Å². The Morgan fingerprint density at radius 1 is 1.47 bits per heavy atom. The van der Waals surface area contributed by atoms with Crippen LogP contribution in [-0.2, 0) is 9.59 Å². The first-order chi connectivity index (χ1) is 7.91. The van der Waals surface area contributed by atoms with Crippen molar-refractivity contribution in [2.45, 2.75) is 6.92 Å². The molecule has 0 aliphatic heterocycles. The Labute approximate surface area is 102 Å². The molecule has 1 rings (SSSR count). The predicted molar refractivity (Wildman–Crippen MR) is 63.2 cm³/mol. The molecule has 0 aliphatic rings. The van der Waals surface area contributed by atoms with Gasteiger partial charge in [-0.05, 0) is 11.4 Å². The Morgan fingerprint density at radius 2 is 2.12 bits per heavy atom. The summed E-state index contributed by atoms with van der Waals surface area (Å²) in [6, 6.07) is 1.41. The number of likely N-dealkylation sites (N-methyl/N-ethyl adjacent to an activating group) is 1. The fourth-order valence-corrected chi connectivity index (χ4v) is 1.86. The largest absolute Gasteiger partial charge is 0.478 e. The average Bonchev–Trinajstić information content (AvgIpc) is 2.65. The summed E-state index contributed by atoms with van der Waals surface area (Å²) in [6.07, 6.45) is 0. The lowest BCUT2D eigenvalue weighted by atomic mass is 10.3. The molecule has 17 heavy (non-hydrogen) atoms. The Kier molecular flexibility index (Phi) is 4.22. The first-order valence-corrected chi connectivity index (χ1v) is 5.62. The molecule has 0 saturated heterocycles. The summed E-state index contributed by atoms with van der Waals surface area (Å²) in [7, 11) is 1.49. The Bertz CT molecular complexity index is 455. The van der Waals surface area contributed by atoms with Gasteiger partial charge in [-0.25, -0.2) is 4.79 Å². The van der Waals surface area contributed by atoms with E-state index in [-0.39, 0.29) is 23.0 Å². The molecule has 1 heterocycles. The quantitative estimate of drug-likeness (QED) is 0.836. The third kappa shape index (κ3) is 3.56. The van der Waals surface area contributed by atoms with E-state index in [1.165, 1.54) is 24.9 Å². The van der Waals surface area contributed by atoms with Gasteiger partial charge in [0, 0.05) is 14.0 Å². The lowest BCUT2D eigenvalue weighted by molar-refractivity contribution is -0.131. The number of hydrogen-bond acceptors (Lipinski definition) is 4. The van der Waals surface area contributed by atoms with Gasteiger partial charge in [0.2, 0.25) is 11.8 Å². The molecule has 0 radical (unpaired) electrons. The topological polar surface area (TPSA) is 86.7 Å². The van der Waals surface area contributed by atoms with Crippen LogP contribution in [0.1, 0.15) is 17.3 Å². The molecular formula is C10H12N2O4S. The summed E-state index contributed by atoms with van der Waals surface area (Å²) in [4.78, 5) is 34.4. The number of nitrogens with zero attached hydrogens (tertiary/aromatic N) is 1. The van der Waals surface area contributed by atoms with Crippen LogP contribution in [0.4, 0.5) is 5.00 Å². The highest BCUT2D eigenvalue weighted by molar-refractivity contribution is 7.14. The molecule has 6 nitrogen and oxygen atoms in total. The van der Waals surface area contributed by atoms with E-state index in [4.69, 9.17) is 5.11 Å². The molecule has 0 bridgehead atoms. The van der Waals surface area contributed by atoms with Crippen molar-refractivity contribution in [1.29, 1.82) is 0 Å². The van der Waals surface area contributed by atoms with E-state index in [2.05, 4.69) is 5.32 Å². The highest BCUT2D eigenvalue weighted by Gasteiger charge is 2.15. The normalized spacial score (nSPS) is 9.76. The van der Waals surface area contributed by atoms with Crippen LogP contribution in [0.15, 0.2) is 11.4 Å². The lowest BCUT2D eigenvalue weighted by Crippen LogP contribution is -2.33. The number of carbonyl (C=O) groups excluding carboxylic acids is 2. The fraction of sp³-hybridized carbons (Fsp3) is 0.300. The number of hydrogen-bond donors (Lipinski definition) is 2. The van der Waals surface area contributed by atoms with E-state index in [1.54, 1.807) is 5.38 Å². The smallest absolute Gasteiger partial charge is 0.338 e. The average molecular weight is 256 g/mol. The molecule has 0 spiro atoms. The van der Waals surface area contributed by atoms with Crippen LogP contribution < -0.4 is 5.32 Å². The van der Waals surface area contributed by atoms with E-state index >= 15 is 0 Å². The molecule has 92 valence electrons. The number of thiophene rings is 1. The molecule has 7 heteroatoms. The predicted octanol–water partition coefficient (Wildman–Crippen LogP) is 0.863. The number of carbonyl (C=O) groups is 3. The van der Waals surface area contributed by atoms with Crippen molar-refractivity contribution in [3.05, 3.63) is 17.0 Å². The number of carboxylic acids is 1. The number of rotatable bonds is 4. The summed E-state index contributed by atoms with van der Waals surface area (Å²) in [5.74, 6) is -1.75. The van der Waals surface area contributed by atoms with Crippen LogP contribution >= 0.6 is 11.3 Å². The highest BCUT2D eigenvalue weighted by Crippen LogP contribution is 2.22. The summed E-state index contributed by atoms with van der Waals surface area (Å²) < 4.78 is 0. The summed E-state index contributed by atoms with van der Waals surface area (Å²) in [6.45, 7) is 1.24. The third-order valence-corrected chi connectivity index (χ3v) is 2.90. The maximum absolute atomic E-state index is 11.5. The minimum Gasteiger partial charge on any atom is -0.478 e. The van der Waals surface area contributed by atoms with Crippen molar-refractivity contribution in [2.75, 3.05) is 18.9 Å². The standard InChI is InChI=1S/C10H12N2O4S/c1-6(13)12(2)5-8(14)11-9-7(10(15)16)3-4-17-9/h3-4H,5H2,1-2H3,(H,11,14)(H,15,16). The third-order valence-electron chi connectivity index (χ3n) is 2.07. The van der Waals surface area contributed by atoms with Gasteiger partial charge in [-0.15, -0.1) is 11.3 Å². The number of amides is 2. The van der Waals surface area contributed by atoms with Crippen LogP contribution in [-0.4, -0.2) is 41.4 Å². The zero-order valence-corrected chi connectivity index (χ0v) is 10.2. The molecule has 1 aromatic heterocycles. The van der Waals surface area contributed by atoms with Crippen LogP contribution in [0.5, 0.6) is 0 Å². The second kappa shape index (κ2) is 5.44. The molecular weight excluding hydrogens is 244 g/mol. The zero-order valence-electron chi connectivity index (χ0n) is 9.39. The fourth-order valence-electron chi connectivity index (χ4n) is 1.07. The molecule has 2 amide bonds. The van der Waals surface area contributed by atoms with E-state index < -0.39 is 11.9 Å². The van der Waals surface area contributed by atoms with Crippen molar-refractivity contribution in [3.63, 3.8) is 0 Å². The number of carboxylic acid groups (broad SMARTS) is 1. The van der Waals surface area contributed by atoms with Crippen LogP contribution in [0, 0.1) is 0 Å². The van der Waals surface area contributed by atoms with Crippen molar-refractivity contribution in [2.24, 2.45) is 0 Å². The van der Waals surface area contributed by atoms with Crippen LogP contribution in [0.25, 0.3) is 0 Å². The maximum atomic E-state index is 11.5. The molecule has 0 aromatic carbocycles. The Morgan fingerprint density at radius 3 is 2.65 bits per heavy atom. The highest BCUT2D eigenvalue weighted by atomic mass is 32.1. The van der Waals surface area contributed by atoms with Gasteiger partial charge < -0.3 is 15.3 Å². The molecule has 1 aromatic rings. The monoisotopic (exact) mass is 256 g/mol. The molecule has 0 unspecified atom stereocenters. The molecule has 0 aliphatic carbocycles. The minimum absolute atomic E-state index is 0.0498. The number of nitrogens with one attached hydrogen (secondary N) is 1. The van der Waals surface area contributed by atoms with E-state index in [9.17, 15) is 14.4 Å². The van der Waals surface area contributed by atoms with Gasteiger partial charge in [-0.1, -0.05) is 0 Å². The van der Waals surface area contributed by atoms with Crippen LogP contribution in [0.3, 0.4) is 0 Å². The summed E-state index contributed by atoms with van der Waals surface area (Å²) in [5.41, 5.74) is 0.0498. The summed E-state index contributed by atoms with van der Waals surface area (Å²) >= 11 is 1.13. The minimum atomic E-state index is -1.10. The molecule has 0 fully saturated rings. The van der Waals surface area contributed by atoms with E-state index in [1.807, 2.05) is 0 Å². The van der Waals surface area contributed by atoms with Crippen LogP contribution in [0.2, 0.25) is 0 Å². The maximum Gasteiger partial charge on any atom is 0.338 e. The first kappa shape index (κ1) is 13.2. The number of anilines is 1. The van der Waals surface area contributed by atoms with Crippen molar-refractivity contribution in [1.82, 2.24) is 4.90 Å². The number of aromatic carboxylic acids is 1. The molecule has 0 atom stereocenters. The van der Waals surface area contributed by atoms with Gasteiger partial charge in [0.25, 0.3) is 0 Å². The van der Waals surface area contributed by atoms with Crippen molar-refractivity contribution >= 4 is 34.1 Å². The van der Waals surface area contributed by atoms with Crippen molar-refractivity contribution < 1.29 is 19.5 Å². The SMILES string of the molecule is CC(=O)N(C)CC(=O)Nc1sccc1C(=O)O.